The summed E-state index contributed by atoms with van der Waals surface area (Å²) in [5.74, 6) is 0.255. The van der Waals surface area contributed by atoms with Crippen LogP contribution in [0.2, 0.25) is 5.02 Å². The van der Waals surface area contributed by atoms with E-state index in [1.54, 1.807) is 24.3 Å². The molecule has 0 aliphatic carbocycles. The van der Waals surface area contributed by atoms with Gasteiger partial charge in [-0.2, -0.15) is 0 Å². The molecule has 2 nitrogen and oxygen atoms in total. The minimum atomic E-state index is -0.801. The lowest BCUT2D eigenvalue weighted by Crippen LogP contribution is -2.09. The number of benzene rings is 2. The summed E-state index contributed by atoms with van der Waals surface area (Å²) in [6.45, 7) is 0.0893. The van der Waals surface area contributed by atoms with Crippen LogP contribution in [-0.4, -0.2) is 11.7 Å². The van der Waals surface area contributed by atoms with E-state index in [0.717, 1.165) is 0 Å². The molecule has 18 heavy (non-hydrogen) atoms. The maximum Gasteiger partial charge on any atom is 0.123 e. The first kappa shape index (κ1) is 12.9. The summed E-state index contributed by atoms with van der Waals surface area (Å²) in [4.78, 5) is 0. The van der Waals surface area contributed by atoms with Crippen molar-refractivity contribution < 1.29 is 14.2 Å². The highest BCUT2D eigenvalue weighted by atomic mass is 35.5. The standard InChI is InChI=1S/C14H12ClFO2/c15-11-2-1-3-13(8-11)18-9-14(17)10-4-6-12(16)7-5-10/h1-8,14,17H,9H2. The zero-order valence-corrected chi connectivity index (χ0v) is 10.3. The Morgan fingerprint density at radius 2 is 1.89 bits per heavy atom. The van der Waals surface area contributed by atoms with E-state index < -0.39 is 6.10 Å². The van der Waals surface area contributed by atoms with E-state index in [1.807, 2.05) is 0 Å². The van der Waals surface area contributed by atoms with Gasteiger partial charge in [0.2, 0.25) is 0 Å². The van der Waals surface area contributed by atoms with Crippen LogP contribution in [0.4, 0.5) is 4.39 Å². The summed E-state index contributed by atoms with van der Waals surface area (Å²) in [5.41, 5.74) is 0.610. The topological polar surface area (TPSA) is 29.5 Å². The minimum absolute atomic E-state index is 0.0893. The lowest BCUT2D eigenvalue weighted by molar-refractivity contribution is 0.108. The predicted molar refractivity (Wildman–Crippen MR) is 68.3 cm³/mol. The molecule has 0 amide bonds. The van der Waals surface area contributed by atoms with Crippen LogP contribution in [-0.2, 0) is 0 Å². The molecule has 0 bridgehead atoms. The van der Waals surface area contributed by atoms with Crippen molar-refractivity contribution in [3.05, 3.63) is 64.9 Å². The van der Waals surface area contributed by atoms with Gasteiger partial charge in [0.15, 0.2) is 0 Å². The van der Waals surface area contributed by atoms with Crippen LogP contribution in [0.5, 0.6) is 5.75 Å². The molecule has 0 aromatic heterocycles. The van der Waals surface area contributed by atoms with E-state index in [1.165, 1.54) is 24.3 Å². The molecule has 0 fully saturated rings. The lowest BCUT2D eigenvalue weighted by Gasteiger charge is -2.12. The Kier molecular flexibility index (Phi) is 4.18. The van der Waals surface area contributed by atoms with Gasteiger partial charge in [-0.1, -0.05) is 29.8 Å². The molecule has 2 aromatic carbocycles. The molecule has 0 saturated heterocycles. The molecule has 0 heterocycles. The van der Waals surface area contributed by atoms with Crippen molar-refractivity contribution in [2.45, 2.75) is 6.10 Å². The smallest absolute Gasteiger partial charge is 0.123 e. The van der Waals surface area contributed by atoms with Crippen LogP contribution >= 0.6 is 11.6 Å². The van der Waals surface area contributed by atoms with Gasteiger partial charge >= 0.3 is 0 Å². The van der Waals surface area contributed by atoms with Crippen molar-refractivity contribution in [3.63, 3.8) is 0 Å². The third kappa shape index (κ3) is 3.45. The normalized spacial score (nSPS) is 12.2. The van der Waals surface area contributed by atoms with Gasteiger partial charge in [-0.15, -0.1) is 0 Å². The van der Waals surface area contributed by atoms with Crippen LogP contribution in [0.1, 0.15) is 11.7 Å². The third-order valence-electron chi connectivity index (χ3n) is 2.46. The second-order valence-electron chi connectivity index (χ2n) is 3.84. The third-order valence-corrected chi connectivity index (χ3v) is 2.69. The first-order valence-corrected chi connectivity index (χ1v) is 5.85. The molecule has 4 heteroatoms. The first-order chi connectivity index (χ1) is 8.65. The zero-order valence-electron chi connectivity index (χ0n) is 9.51. The number of rotatable bonds is 4. The summed E-state index contributed by atoms with van der Waals surface area (Å²) in [7, 11) is 0. The Bertz CT molecular complexity index is 513. The van der Waals surface area contributed by atoms with Crippen LogP contribution in [0.3, 0.4) is 0 Å². The summed E-state index contributed by atoms with van der Waals surface area (Å²) < 4.78 is 18.1. The SMILES string of the molecule is OC(COc1cccc(Cl)c1)c1ccc(F)cc1. The molecule has 0 saturated carbocycles. The summed E-state index contributed by atoms with van der Waals surface area (Å²) in [6.07, 6.45) is -0.801. The summed E-state index contributed by atoms with van der Waals surface area (Å²) >= 11 is 5.81. The van der Waals surface area contributed by atoms with E-state index in [-0.39, 0.29) is 12.4 Å². The number of aliphatic hydroxyl groups is 1. The van der Waals surface area contributed by atoms with Gasteiger partial charge in [0.05, 0.1) is 0 Å². The first-order valence-electron chi connectivity index (χ1n) is 5.47. The van der Waals surface area contributed by atoms with Crippen molar-refractivity contribution >= 4 is 11.6 Å². The van der Waals surface area contributed by atoms with E-state index in [4.69, 9.17) is 16.3 Å². The van der Waals surface area contributed by atoms with E-state index in [2.05, 4.69) is 0 Å². The molecule has 0 aliphatic heterocycles. The van der Waals surface area contributed by atoms with E-state index in [0.29, 0.717) is 16.3 Å². The van der Waals surface area contributed by atoms with Gasteiger partial charge in [-0.25, -0.2) is 4.39 Å². The largest absolute Gasteiger partial charge is 0.490 e. The minimum Gasteiger partial charge on any atom is -0.490 e. The molecule has 1 unspecified atom stereocenters. The quantitative estimate of drug-likeness (QED) is 0.916. The molecular weight excluding hydrogens is 255 g/mol. The number of halogens is 2. The predicted octanol–water partition coefficient (Wildman–Crippen LogP) is 3.59. The highest BCUT2D eigenvalue weighted by Gasteiger charge is 2.08. The van der Waals surface area contributed by atoms with Gasteiger partial charge in [-0.05, 0) is 35.9 Å². The fourth-order valence-corrected chi connectivity index (χ4v) is 1.69. The van der Waals surface area contributed by atoms with E-state index in [9.17, 15) is 9.50 Å². The lowest BCUT2D eigenvalue weighted by atomic mass is 10.1. The maximum atomic E-state index is 12.7. The maximum absolute atomic E-state index is 12.7. The van der Waals surface area contributed by atoms with Gasteiger partial charge in [0.25, 0.3) is 0 Å². The van der Waals surface area contributed by atoms with Crippen LogP contribution in [0.25, 0.3) is 0 Å². The Morgan fingerprint density at radius 3 is 2.56 bits per heavy atom. The number of aliphatic hydroxyl groups excluding tert-OH is 1. The summed E-state index contributed by atoms with van der Waals surface area (Å²) in [5, 5.41) is 10.4. The number of hydrogen-bond acceptors (Lipinski definition) is 2. The van der Waals surface area contributed by atoms with Gasteiger partial charge < -0.3 is 9.84 Å². The fourth-order valence-electron chi connectivity index (χ4n) is 1.51. The zero-order chi connectivity index (χ0) is 13.0. The monoisotopic (exact) mass is 266 g/mol. The highest BCUT2D eigenvalue weighted by molar-refractivity contribution is 6.30. The average molecular weight is 267 g/mol. The average Bonchev–Trinajstić information content (AvgIpc) is 2.37. The van der Waals surface area contributed by atoms with Gasteiger partial charge in [0.1, 0.15) is 24.3 Å². The van der Waals surface area contributed by atoms with Gasteiger partial charge in [0, 0.05) is 5.02 Å². The van der Waals surface area contributed by atoms with Crippen molar-refractivity contribution in [3.8, 4) is 5.75 Å². The molecular formula is C14H12ClFO2. The molecule has 1 N–H and O–H groups in total. The van der Waals surface area contributed by atoms with E-state index >= 15 is 0 Å². The molecule has 1 atom stereocenters. The molecule has 0 aliphatic rings. The van der Waals surface area contributed by atoms with Crippen molar-refractivity contribution in [2.24, 2.45) is 0 Å². The van der Waals surface area contributed by atoms with Crippen LogP contribution < -0.4 is 4.74 Å². The molecule has 0 radical (unpaired) electrons. The number of ether oxygens (including phenoxy) is 1. The fraction of sp³-hybridized carbons (Fsp3) is 0.143. The molecule has 2 aromatic rings. The highest BCUT2D eigenvalue weighted by Crippen LogP contribution is 2.20. The molecule has 94 valence electrons. The van der Waals surface area contributed by atoms with Crippen LogP contribution in [0, 0.1) is 5.82 Å². The second-order valence-corrected chi connectivity index (χ2v) is 4.27. The molecule has 2 rings (SSSR count). The second kappa shape index (κ2) is 5.85. The number of hydrogen-bond donors (Lipinski definition) is 1. The summed E-state index contributed by atoms with van der Waals surface area (Å²) in [6, 6.07) is 12.6. The van der Waals surface area contributed by atoms with Crippen LogP contribution in [0.15, 0.2) is 48.5 Å². The van der Waals surface area contributed by atoms with Gasteiger partial charge in [-0.3, -0.25) is 0 Å². The Balaban J connectivity index is 1.96. The van der Waals surface area contributed by atoms with Crippen molar-refractivity contribution in [2.75, 3.05) is 6.61 Å². The molecule has 0 spiro atoms. The van der Waals surface area contributed by atoms with Crippen molar-refractivity contribution in [1.82, 2.24) is 0 Å². The Hall–Kier alpha value is -1.58. The Morgan fingerprint density at radius 1 is 1.17 bits per heavy atom. The Labute approximate surface area is 110 Å². The van der Waals surface area contributed by atoms with Crippen molar-refractivity contribution in [1.29, 1.82) is 0 Å².